The first-order valence-corrected chi connectivity index (χ1v) is 11.6. The van der Waals surface area contributed by atoms with Crippen molar-refractivity contribution in [2.24, 2.45) is 0 Å². The Morgan fingerprint density at radius 3 is 2.39 bits per heavy atom. The molecule has 3 aromatic rings. The van der Waals surface area contributed by atoms with Gasteiger partial charge in [-0.2, -0.15) is 0 Å². The van der Waals surface area contributed by atoms with Crippen molar-refractivity contribution in [3.63, 3.8) is 0 Å². The fourth-order valence-electron chi connectivity index (χ4n) is 4.48. The summed E-state index contributed by atoms with van der Waals surface area (Å²) in [4.78, 5) is 27.9. The van der Waals surface area contributed by atoms with Crippen LogP contribution in [0.2, 0.25) is 0 Å². The molecule has 1 saturated heterocycles. The standard InChI is InChI=1S/C28H29NO4/c1-3-5-8-18-29-25(20-14-16-21(17-15-20)33-4-2)24(27(31)28(29)32)26(30)23-13-9-11-19-10-6-7-12-22(19)23/h6-7,9-17,25,30H,3-5,8,18H2,1-2H3/b26-24-. The number of amides is 1. The maximum atomic E-state index is 13.2. The van der Waals surface area contributed by atoms with Gasteiger partial charge in [0, 0.05) is 12.1 Å². The molecule has 1 atom stereocenters. The Hall–Kier alpha value is -3.60. The average Bonchev–Trinajstić information content (AvgIpc) is 3.09. The van der Waals surface area contributed by atoms with Crippen LogP contribution in [0.25, 0.3) is 16.5 Å². The lowest BCUT2D eigenvalue weighted by atomic mass is 9.93. The number of nitrogens with zero attached hydrogens (tertiary/aromatic N) is 1. The number of fused-ring (bicyclic) bond motifs is 1. The predicted octanol–water partition coefficient (Wildman–Crippen LogP) is 5.85. The van der Waals surface area contributed by atoms with E-state index in [-0.39, 0.29) is 11.3 Å². The summed E-state index contributed by atoms with van der Waals surface area (Å²) in [5.74, 6) is -0.622. The maximum Gasteiger partial charge on any atom is 0.295 e. The van der Waals surface area contributed by atoms with Crippen LogP contribution in [0, 0.1) is 0 Å². The minimum Gasteiger partial charge on any atom is -0.507 e. The topological polar surface area (TPSA) is 66.8 Å². The minimum absolute atomic E-state index is 0.136. The van der Waals surface area contributed by atoms with E-state index in [1.54, 1.807) is 11.0 Å². The van der Waals surface area contributed by atoms with Gasteiger partial charge >= 0.3 is 0 Å². The fraction of sp³-hybridized carbons (Fsp3) is 0.286. The van der Waals surface area contributed by atoms with Gasteiger partial charge < -0.3 is 14.7 Å². The fourth-order valence-corrected chi connectivity index (χ4v) is 4.48. The van der Waals surface area contributed by atoms with Crippen LogP contribution in [0.3, 0.4) is 0 Å². The summed E-state index contributed by atoms with van der Waals surface area (Å²) in [5.41, 5.74) is 1.46. The number of carbonyl (C=O) groups is 2. The highest BCUT2D eigenvalue weighted by atomic mass is 16.5. The van der Waals surface area contributed by atoms with Gasteiger partial charge in [-0.15, -0.1) is 0 Å². The molecular weight excluding hydrogens is 414 g/mol. The van der Waals surface area contributed by atoms with E-state index in [1.165, 1.54) is 0 Å². The molecule has 5 heteroatoms. The van der Waals surface area contributed by atoms with Crippen LogP contribution in [-0.4, -0.2) is 34.8 Å². The lowest BCUT2D eigenvalue weighted by molar-refractivity contribution is -0.139. The summed E-state index contributed by atoms with van der Waals surface area (Å²) in [5, 5.41) is 13.2. The molecule has 170 valence electrons. The third-order valence-corrected chi connectivity index (χ3v) is 6.09. The van der Waals surface area contributed by atoms with Gasteiger partial charge in [-0.1, -0.05) is 74.4 Å². The van der Waals surface area contributed by atoms with E-state index in [4.69, 9.17) is 4.74 Å². The van der Waals surface area contributed by atoms with Crippen molar-refractivity contribution in [1.82, 2.24) is 4.90 Å². The van der Waals surface area contributed by atoms with Crippen molar-refractivity contribution in [2.75, 3.05) is 13.2 Å². The molecule has 5 nitrogen and oxygen atoms in total. The van der Waals surface area contributed by atoms with Crippen LogP contribution in [0.1, 0.15) is 50.3 Å². The quantitative estimate of drug-likeness (QED) is 0.205. The van der Waals surface area contributed by atoms with Gasteiger partial charge in [-0.3, -0.25) is 9.59 Å². The lowest BCUT2D eigenvalue weighted by Crippen LogP contribution is -2.30. The number of hydrogen-bond donors (Lipinski definition) is 1. The van der Waals surface area contributed by atoms with E-state index in [0.29, 0.717) is 18.7 Å². The highest BCUT2D eigenvalue weighted by Gasteiger charge is 2.45. The molecule has 1 heterocycles. The monoisotopic (exact) mass is 443 g/mol. The Bertz CT molecular complexity index is 1190. The van der Waals surface area contributed by atoms with Crippen molar-refractivity contribution < 1.29 is 19.4 Å². The van der Waals surface area contributed by atoms with E-state index < -0.39 is 17.7 Å². The van der Waals surface area contributed by atoms with E-state index in [1.807, 2.05) is 67.6 Å². The molecule has 1 aliphatic rings. The number of rotatable bonds is 8. The van der Waals surface area contributed by atoms with E-state index >= 15 is 0 Å². The van der Waals surface area contributed by atoms with Crippen LogP contribution < -0.4 is 4.74 Å². The Labute approximate surface area is 194 Å². The van der Waals surface area contributed by atoms with E-state index in [2.05, 4.69) is 6.92 Å². The molecule has 3 aromatic carbocycles. The number of likely N-dealkylation sites (tertiary alicyclic amines) is 1. The summed E-state index contributed by atoms with van der Waals surface area (Å²) in [6.45, 7) is 5.03. The molecule has 33 heavy (non-hydrogen) atoms. The normalized spacial score (nSPS) is 17.6. The molecule has 1 unspecified atom stereocenters. The van der Waals surface area contributed by atoms with E-state index in [9.17, 15) is 14.7 Å². The number of unbranched alkanes of at least 4 members (excludes halogenated alkanes) is 2. The Kier molecular flexibility index (Phi) is 6.78. The Balaban J connectivity index is 1.86. The number of aliphatic hydroxyl groups is 1. The second-order valence-corrected chi connectivity index (χ2v) is 8.23. The molecule has 0 saturated carbocycles. The number of ether oxygens (including phenoxy) is 1. The highest BCUT2D eigenvalue weighted by molar-refractivity contribution is 6.46. The summed E-state index contributed by atoms with van der Waals surface area (Å²) < 4.78 is 5.55. The Morgan fingerprint density at radius 1 is 0.939 bits per heavy atom. The number of benzene rings is 3. The summed E-state index contributed by atoms with van der Waals surface area (Å²) in [7, 11) is 0. The SMILES string of the molecule is CCCCCN1C(=O)C(=O)/C(=C(\O)c2cccc3ccccc23)C1c1ccc(OCC)cc1. The first-order valence-electron chi connectivity index (χ1n) is 11.6. The van der Waals surface area contributed by atoms with Crippen molar-refractivity contribution in [3.05, 3.63) is 83.4 Å². The molecule has 1 N–H and O–H groups in total. The molecule has 1 amide bonds. The number of hydrogen-bond acceptors (Lipinski definition) is 4. The molecule has 0 aromatic heterocycles. The molecular formula is C28H29NO4. The summed E-state index contributed by atoms with van der Waals surface area (Å²) in [6.07, 6.45) is 2.77. The molecule has 4 rings (SSSR count). The van der Waals surface area contributed by atoms with Gasteiger partial charge in [-0.05, 0) is 41.8 Å². The van der Waals surface area contributed by atoms with Gasteiger partial charge in [0.05, 0.1) is 18.2 Å². The van der Waals surface area contributed by atoms with Crippen molar-refractivity contribution in [2.45, 2.75) is 39.2 Å². The number of ketones is 1. The van der Waals surface area contributed by atoms with Crippen molar-refractivity contribution in [3.8, 4) is 5.75 Å². The zero-order valence-electron chi connectivity index (χ0n) is 19.1. The molecule has 0 aliphatic carbocycles. The largest absolute Gasteiger partial charge is 0.507 e. The predicted molar refractivity (Wildman–Crippen MR) is 130 cm³/mol. The molecule has 0 bridgehead atoms. The number of Topliss-reactive ketones (excluding diaryl/α,β-unsaturated/α-hetero) is 1. The number of carbonyl (C=O) groups excluding carboxylic acids is 2. The van der Waals surface area contributed by atoms with Crippen LogP contribution >= 0.6 is 0 Å². The summed E-state index contributed by atoms with van der Waals surface area (Å²) >= 11 is 0. The lowest BCUT2D eigenvalue weighted by Gasteiger charge is -2.25. The first kappa shape index (κ1) is 22.6. The number of aliphatic hydroxyl groups excluding tert-OH is 1. The summed E-state index contributed by atoms with van der Waals surface area (Å²) in [6, 6.07) is 20.0. The van der Waals surface area contributed by atoms with Gasteiger partial charge in [0.1, 0.15) is 11.5 Å². The van der Waals surface area contributed by atoms with E-state index in [0.717, 1.165) is 41.3 Å². The van der Waals surface area contributed by atoms with Crippen LogP contribution in [-0.2, 0) is 9.59 Å². The minimum atomic E-state index is -0.643. The average molecular weight is 444 g/mol. The van der Waals surface area contributed by atoms with Crippen molar-refractivity contribution in [1.29, 1.82) is 0 Å². The maximum absolute atomic E-state index is 13.2. The van der Waals surface area contributed by atoms with Gasteiger partial charge in [0.15, 0.2) is 0 Å². The van der Waals surface area contributed by atoms with Gasteiger partial charge in [0.25, 0.3) is 11.7 Å². The molecule has 1 fully saturated rings. The van der Waals surface area contributed by atoms with Crippen molar-refractivity contribution >= 4 is 28.2 Å². The molecule has 1 aliphatic heterocycles. The second kappa shape index (κ2) is 9.90. The molecule has 0 radical (unpaired) electrons. The molecule has 0 spiro atoms. The Morgan fingerprint density at radius 2 is 1.67 bits per heavy atom. The first-order chi connectivity index (χ1) is 16.1. The van der Waals surface area contributed by atoms with Crippen LogP contribution in [0.5, 0.6) is 5.75 Å². The van der Waals surface area contributed by atoms with Gasteiger partial charge in [-0.25, -0.2) is 0 Å². The zero-order chi connectivity index (χ0) is 23.4. The third kappa shape index (κ3) is 4.36. The van der Waals surface area contributed by atoms with Crippen LogP contribution in [0.15, 0.2) is 72.3 Å². The van der Waals surface area contributed by atoms with Gasteiger partial charge in [0.2, 0.25) is 0 Å². The second-order valence-electron chi connectivity index (χ2n) is 8.23. The van der Waals surface area contributed by atoms with Crippen LogP contribution in [0.4, 0.5) is 0 Å². The smallest absolute Gasteiger partial charge is 0.295 e. The third-order valence-electron chi connectivity index (χ3n) is 6.09. The zero-order valence-corrected chi connectivity index (χ0v) is 19.1. The highest BCUT2D eigenvalue weighted by Crippen LogP contribution is 2.41.